The van der Waals surface area contributed by atoms with Gasteiger partial charge in [-0.3, -0.25) is 19.4 Å². The van der Waals surface area contributed by atoms with Crippen molar-refractivity contribution in [3.8, 4) is 0 Å². The summed E-state index contributed by atoms with van der Waals surface area (Å²) < 4.78 is 16.4. The molecular weight excluding hydrogens is 803 g/mol. The average molecular weight is 888 g/mol. The molecule has 3 unspecified atom stereocenters. The van der Waals surface area contributed by atoms with E-state index in [1.807, 2.05) is 0 Å². The van der Waals surface area contributed by atoms with Crippen LogP contribution in [0.1, 0.15) is 207 Å². The predicted molar refractivity (Wildman–Crippen MR) is 237 cm³/mol. The summed E-state index contributed by atoms with van der Waals surface area (Å²) in [5, 5.41) is 7.36. The minimum atomic E-state index is -1.39. The van der Waals surface area contributed by atoms with E-state index in [-0.39, 0.29) is 39.0 Å². The second kappa shape index (κ2) is 42.6. The van der Waals surface area contributed by atoms with Gasteiger partial charge < -0.3 is 30.2 Å². The third kappa shape index (κ3) is 35.9. The molecule has 3 atom stereocenters. The number of nitrogens with one attached hydrogen (secondary N) is 3. The Hall–Kier alpha value is -3.66. The number of rotatable bonds is 42. The van der Waals surface area contributed by atoms with Crippen molar-refractivity contribution in [1.29, 1.82) is 0 Å². The second-order valence-corrected chi connectivity index (χ2v) is 16.0. The number of esters is 3. The number of hydrogen-bond donors (Lipinski definition) is 3. The van der Waals surface area contributed by atoms with Gasteiger partial charge in [-0.15, -0.1) is 0 Å². The Morgan fingerprint density at radius 3 is 1.39 bits per heavy atom. The zero-order valence-corrected chi connectivity index (χ0v) is 39.2. The molecule has 0 aromatic heterocycles. The van der Waals surface area contributed by atoms with Crippen LogP contribution in [0.5, 0.6) is 0 Å². The first kappa shape index (κ1) is 58.3. The molecular formula is C46H85N3O13. The van der Waals surface area contributed by atoms with E-state index in [9.17, 15) is 28.8 Å². The molecule has 0 aliphatic carbocycles. The number of ether oxygens (including phenoxy) is 3. The van der Waals surface area contributed by atoms with Gasteiger partial charge in [0.05, 0.1) is 27.4 Å². The predicted octanol–water partition coefficient (Wildman–Crippen LogP) is 9.79. The van der Waals surface area contributed by atoms with Gasteiger partial charge in [-0.25, -0.2) is 19.2 Å². The van der Waals surface area contributed by atoms with Crippen molar-refractivity contribution in [2.24, 2.45) is 0 Å². The largest absolute Gasteiger partial charge is 0.466 e. The minimum absolute atomic E-state index is 0.0580. The Morgan fingerprint density at radius 2 is 0.903 bits per heavy atom. The first-order valence-corrected chi connectivity index (χ1v) is 23.9. The zero-order chi connectivity index (χ0) is 45.9. The molecule has 16 nitrogen and oxygen atoms in total. The number of unbranched alkanes of at least 4 members (excludes halogenated alkanes) is 23. The fourth-order valence-electron chi connectivity index (χ4n) is 6.79. The van der Waals surface area contributed by atoms with Crippen molar-refractivity contribution in [3.63, 3.8) is 0 Å². The molecule has 3 N–H and O–H groups in total. The average Bonchev–Trinajstić information content (AvgIpc) is 3.24. The molecule has 0 saturated heterocycles. The molecule has 0 aliphatic heterocycles. The highest BCUT2D eigenvalue weighted by Gasteiger charge is 2.30. The number of carbonyl (C=O) groups excluding carboxylic acids is 6. The van der Waals surface area contributed by atoms with Gasteiger partial charge in [0.25, 0.3) is 5.91 Å². The summed E-state index contributed by atoms with van der Waals surface area (Å²) in [6, 6.07) is -2.43. The monoisotopic (exact) mass is 888 g/mol. The van der Waals surface area contributed by atoms with Crippen molar-refractivity contribution in [3.05, 3.63) is 0 Å². The van der Waals surface area contributed by atoms with E-state index in [0.717, 1.165) is 45.6 Å². The third-order valence-electron chi connectivity index (χ3n) is 10.5. The van der Waals surface area contributed by atoms with Crippen molar-refractivity contribution in [1.82, 2.24) is 16.0 Å². The number of hydrogen-bond acceptors (Lipinski definition) is 13. The molecule has 0 fully saturated rings. The minimum Gasteiger partial charge on any atom is -0.466 e. The van der Waals surface area contributed by atoms with E-state index < -0.39 is 54.2 Å². The van der Waals surface area contributed by atoms with Gasteiger partial charge in [-0.2, -0.15) is 9.78 Å². The topological polar surface area (TPSA) is 203 Å². The number of amides is 3. The van der Waals surface area contributed by atoms with Gasteiger partial charge in [0.15, 0.2) is 6.10 Å². The Morgan fingerprint density at radius 1 is 0.468 bits per heavy atom. The van der Waals surface area contributed by atoms with Crippen LogP contribution >= 0.6 is 0 Å². The third-order valence-corrected chi connectivity index (χ3v) is 10.5. The molecule has 0 bridgehead atoms. The molecule has 0 aliphatic rings. The van der Waals surface area contributed by atoms with Crippen LogP contribution in [0.2, 0.25) is 0 Å². The lowest BCUT2D eigenvalue weighted by Gasteiger charge is -2.22. The summed E-state index contributed by atoms with van der Waals surface area (Å²) in [4.78, 5) is 93.3. The summed E-state index contributed by atoms with van der Waals surface area (Å²) in [6.07, 6.45) is 25.6. The standard InChI is InChI=1S/C46H85N3O13/c1-6-8-10-12-14-16-18-20-22-24-26-30-36-58-41(50)34-33-40(43(52)59-37-31-27-25-23-21-19-17-15-13-11-9-7-2)48-42(51)38(3)60-44(53)39(49-46(55)62-57-5)32-28-29-35-47-45(54)61-56-4/h38-40H,6-37H2,1-5H3,(H,47,54)(H,48,51)(H,49,55). The summed E-state index contributed by atoms with van der Waals surface area (Å²) in [6.45, 7) is 6.42. The molecule has 362 valence electrons. The zero-order valence-electron chi connectivity index (χ0n) is 39.2. The molecule has 0 aromatic rings. The molecule has 0 radical (unpaired) electrons. The maximum Gasteiger partial charge on any atom is 0.439 e. The Balaban J connectivity index is 5.08. The van der Waals surface area contributed by atoms with Gasteiger partial charge in [0.2, 0.25) is 0 Å². The van der Waals surface area contributed by atoms with Crippen LogP contribution in [0.4, 0.5) is 9.59 Å². The van der Waals surface area contributed by atoms with Crippen LogP contribution in [0.25, 0.3) is 0 Å². The van der Waals surface area contributed by atoms with Crippen LogP contribution < -0.4 is 16.0 Å². The van der Waals surface area contributed by atoms with Crippen molar-refractivity contribution >= 4 is 36.0 Å². The summed E-state index contributed by atoms with van der Waals surface area (Å²) in [7, 11) is 2.30. The maximum absolute atomic E-state index is 13.3. The summed E-state index contributed by atoms with van der Waals surface area (Å²) in [5.41, 5.74) is 0. The lowest BCUT2D eigenvalue weighted by atomic mass is 10.1. The maximum atomic E-state index is 13.3. The molecule has 0 heterocycles. The Kier molecular flexibility index (Phi) is 40.1. The van der Waals surface area contributed by atoms with Crippen LogP contribution in [0.3, 0.4) is 0 Å². The van der Waals surface area contributed by atoms with Gasteiger partial charge in [0.1, 0.15) is 12.1 Å². The Bertz CT molecular complexity index is 1160. The van der Waals surface area contributed by atoms with E-state index in [0.29, 0.717) is 19.3 Å². The van der Waals surface area contributed by atoms with Crippen LogP contribution in [-0.2, 0) is 52.9 Å². The molecule has 62 heavy (non-hydrogen) atoms. The van der Waals surface area contributed by atoms with Crippen molar-refractivity contribution in [2.75, 3.05) is 34.0 Å². The molecule has 0 rings (SSSR count). The van der Waals surface area contributed by atoms with E-state index in [4.69, 9.17) is 14.2 Å². The highest BCUT2D eigenvalue weighted by Crippen LogP contribution is 2.14. The Labute approximate surface area is 372 Å². The van der Waals surface area contributed by atoms with Gasteiger partial charge in [-0.1, -0.05) is 155 Å². The molecule has 3 amide bonds. The van der Waals surface area contributed by atoms with E-state index in [1.54, 1.807) is 0 Å². The van der Waals surface area contributed by atoms with Gasteiger partial charge in [0, 0.05) is 13.0 Å². The lowest BCUT2D eigenvalue weighted by molar-refractivity contribution is -0.213. The smallest absolute Gasteiger partial charge is 0.439 e. The van der Waals surface area contributed by atoms with E-state index >= 15 is 0 Å². The molecule has 0 saturated carbocycles. The quantitative estimate of drug-likeness (QED) is 0.0172. The highest BCUT2D eigenvalue weighted by molar-refractivity contribution is 5.89. The summed E-state index contributed by atoms with van der Waals surface area (Å²) >= 11 is 0. The highest BCUT2D eigenvalue weighted by atomic mass is 17.2. The SMILES string of the molecule is CCCCCCCCCCCCCCOC(=O)CCC(NC(=O)C(C)OC(=O)C(CCCCNC(=O)OOC)NC(=O)OOC)C(=O)OCCCCCCCCCCCCCC. The fourth-order valence-corrected chi connectivity index (χ4v) is 6.79. The second-order valence-electron chi connectivity index (χ2n) is 16.0. The normalized spacial score (nSPS) is 12.4. The summed E-state index contributed by atoms with van der Waals surface area (Å²) in [5.74, 6) is -2.92. The molecule has 0 spiro atoms. The van der Waals surface area contributed by atoms with Crippen molar-refractivity contribution in [2.45, 2.75) is 225 Å². The fraction of sp³-hybridized carbons (Fsp3) is 0.870. The van der Waals surface area contributed by atoms with E-state index in [1.165, 1.54) is 123 Å². The molecule has 0 aromatic carbocycles. The van der Waals surface area contributed by atoms with Gasteiger partial charge in [-0.05, 0) is 45.4 Å². The van der Waals surface area contributed by atoms with Gasteiger partial charge >= 0.3 is 30.1 Å². The first-order chi connectivity index (χ1) is 30.1. The lowest BCUT2D eigenvalue weighted by Crippen LogP contribution is -2.49. The van der Waals surface area contributed by atoms with Crippen LogP contribution in [0.15, 0.2) is 0 Å². The first-order valence-electron chi connectivity index (χ1n) is 23.9. The van der Waals surface area contributed by atoms with Crippen molar-refractivity contribution < 1.29 is 62.5 Å². The molecule has 16 heteroatoms. The van der Waals surface area contributed by atoms with E-state index in [2.05, 4.69) is 49.3 Å². The van der Waals surface area contributed by atoms with Crippen LogP contribution in [0, 0.1) is 0 Å². The number of carbonyl (C=O) groups is 6. The van der Waals surface area contributed by atoms with Crippen LogP contribution in [-0.4, -0.2) is 88.2 Å².